The van der Waals surface area contributed by atoms with Gasteiger partial charge in [-0.15, -0.1) is 11.3 Å². The zero-order chi connectivity index (χ0) is 11.2. The van der Waals surface area contributed by atoms with Gasteiger partial charge >= 0.3 is 0 Å². The highest BCUT2D eigenvalue weighted by Crippen LogP contribution is 2.08. The third-order valence-electron chi connectivity index (χ3n) is 2.93. The van der Waals surface area contributed by atoms with Gasteiger partial charge in [-0.3, -0.25) is 0 Å². The lowest BCUT2D eigenvalue weighted by Crippen LogP contribution is -2.36. The molecule has 0 aliphatic carbocycles. The Morgan fingerprint density at radius 1 is 1.44 bits per heavy atom. The van der Waals surface area contributed by atoms with Crippen LogP contribution < -0.4 is 5.32 Å². The van der Waals surface area contributed by atoms with Crippen LogP contribution in [0.1, 0.15) is 17.7 Å². The van der Waals surface area contributed by atoms with E-state index in [-0.39, 0.29) is 6.10 Å². The molecular weight excluding hydrogens is 220 g/mol. The van der Waals surface area contributed by atoms with Crippen molar-refractivity contribution in [3.63, 3.8) is 0 Å². The van der Waals surface area contributed by atoms with Gasteiger partial charge in [-0.2, -0.15) is 0 Å². The molecule has 1 fully saturated rings. The molecule has 0 radical (unpaired) electrons. The maximum absolute atomic E-state index is 9.84. The van der Waals surface area contributed by atoms with Crippen LogP contribution in [0.4, 0.5) is 0 Å². The molecule has 2 rings (SSSR count). The second kappa shape index (κ2) is 6.35. The minimum absolute atomic E-state index is 0.238. The Labute approximate surface area is 101 Å². The summed E-state index contributed by atoms with van der Waals surface area (Å²) in [6.45, 7) is 4.69. The Hall–Kier alpha value is -0.420. The van der Waals surface area contributed by atoms with Gasteiger partial charge < -0.3 is 15.3 Å². The number of likely N-dealkylation sites (tertiary alicyclic amines) is 1. The van der Waals surface area contributed by atoms with Gasteiger partial charge in [0.2, 0.25) is 0 Å². The topological polar surface area (TPSA) is 35.5 Å². The third-order valence-corrected chi connectivity index (χ3v) is 3.80. The Kier molecular flexibility index (Phi) is 4.78. The molecule has 0 aromatic carbocycles. The fraction of sp³-hybridized carbons (Fsp3) is 0.667. The van der Waals surface area contributed by atoms with Crippen LogP contribution in [0.3, 0.4) is 0 Å². The van der Waals surface area contributed by atoms with Crippen molar-refractivity contribution in [2.45, 2.75) is 25.5 Å². The second-order valence-electron chi connectivity index (χ2n) is 4.37. The molecule has 3 nitrogen and oxygen atoms in total. The molecule has 16 heavy (non-hydrogen) atoms. The number of aliphatic hydroxyl groups excluding tert-OH is 1. The summed E-state index contributed by atoms with van der Waals surface area (Å²) in [4.78, 5) is 3.67. The molecule has 1 unspecified atom stereocenters. The average molecular weight is 240 g/mol. The Balaban J connectivity index is 1.58. The molecule has 0 saturated carbocycles. The van der Waals surface area contributed by atoms with Crippen LogP contribution in [-0.2, 0) is 6.54 Å². The first-order chi connectivity index (χ1) is 7.84. The maximum atomic E-state index is 9.84. The fourth-order valence-electron chi connectivity index (χ4n) is 2.10. The van der Waals surface area contributed by atoms with E-state index in [0.29, 0.717) is 6.54 Å². The number of rotatable bonds is 6. The van der Waals surface area contributed by atoms with E-state index in [1.807, 2.05) is 0 Å². The van der Waals surface area contributed by atoms with Crippen molar-refractivity contribution in [1.82, 2.24) is 10.2 Å². The van der Waals surface area contributed by atoms with Gasteiger partial charge in [0.25, 0.3) is 0 Å². The standard InChI is InChI=1S/C12H20N2OS/c15-11(10-14-5-1-2-6-14)8-13-9-12-4-3-7-16-12/h3-4,7,11,13,15H,1-2,5-6,8-10H2. The van der Waals surface area contributed by atoms with E-state index in [9.17, 15) is 5.11 Å². The molecular formula is C12H20N2OS. The lowest BCUT2D eigenvalue weighted by Gasteiger charge is -2.19. The first kappa shape index (κ1) is 12.0. The average Bonchev–Trinajstić information content (AvgIpc) is 2.90. The molecule has 1 aromatic heterocycles. The van der Waals surface area contributed by atoms with Gasteiger partial charge in [0, 0.05) is 24.5 Å². The number of aliphatic hydroxyl groups is 1. The number of thiophene rings is 1. The quantitative estimate of drug-likeness (QED) is 0.786. The molecule has 0 bridgehead atoms. The molecule has 2 N–H and O–H groups in total. The van der Waals surface area contributed by atoms with Gasteiger partial charge in [0.1, 0.15) is 0 Å². The summed E-state index contributed by atoms with van der Waals surface area (Å²) < 4.78 is 0. The molecule has 2 heterocycles. The van der Waals surface area contributed by atoms with E-state index in [1.54, 1.807) is 11.3 Å². The summed E-state index contributed by atoms with van der Waals surface area (Å²) >= 11 is 1.75. The third kappa shape index (κ3) is 3.87. The van der Waals surface area contributed by atoms with Gasteiger partial charge in [0.05, 0.1) is 6.10 Å². The fourth-order valence-corrected chi connectivity index (χ4v) is 2.78. The molecule has 0 amide bonds. The van der Waals surface area contributed by atoms with Crippen molar-refractivity contribution in [3.8, 4) is 0 Å². The summed E-state index contributed by atoms with van der Waals surface area (Å²) in [5.41, 5.74) is 0. The van der Waals surface area contributed by atoms with E-state index >= 15 is 0 Å². The van der Waals surface area contributed by atoms with E-state index in [1.165, 1.54) is 17.7 Å². The lowest BCUT2D eigenvalue weighted by molar-refractivity contribution is 0.123. The minimum Gasteiger partial charge on any atom is -0.390 e. The minimum atomic E-state index is -0.238. The number of nitrogens with one attached hydrogen (secondary N) is 1. The SMILES string of the molecule is OC(CNCc1cccs1)CN1CCCC1. The van der Waals surface area contributed by atoms with Crippen molar-refractivity contribution in [2.75, 3.05) is 26.2 Å². The molecule has 1 atom stereocenters. The monoisotopic (exact) mass is 240 g/mol. The zero-order valence-electron chi connectivity index (χ0n) is 9.56. The van der Waals surface area contributed by atoms with Crippen molar-refractivity contribution < 1.29 is 5.11 Å². The molecule has 1 aromatic rings. The number of hydrogen-bond acceptors (Lipinski definition) is 4. The summed E-state index contributed by atoms with van der Waals surface area (Å²) in [6, 6.07) is 4.17. The lowest BCUT2D eigenvalue weighted by atomic mass is 10.3. The van der Waals surface area contributed by atoms with Gasteiger partial charge in [-0.1, -0.05) is 6.07 Å². The summed E-state index contributed by atoms with van der Waals surface area (Å²) in [6.07, 6.45) is 2.34. The van der Waals surface area contributed by atoms with Crippen LogP contribution >= 0.6 is 11.3 Å². The number of β-amino-alcohol motifs (C(OH)–C–C–N with tert-alkyl or cyclic N) is 1. The molecule has 1 aliphatic heterocycles. The van der Waals surface area contributed by atoms with Gasteiger partial charge in [-0.05, 0) is 37.4 Å². The molecule has 1 saturated heterocycles. The highest BCUT2D eigenvalue weighted by Gasteiger charge is 2.15. The molecule has 0 spiro atoms. The summed E-state index contributed by atoms with van der Waals surface area (Å²) in [7, 11) is 0. The molecule has 4 heteroatoms. The highest BCUT2D eigenvalue weighted by atomic mass is 32.1. The van der Waals surface area contributed by atoms with E-state index in [0.717, 1.165) is 26.2 Å². The predicted octanol–water partition coefficient (Wildman–Crippen LogP) is 1.29. The first-order valence-corrected chi connectivity index (χ1v) is 6.86. The van der Waals surface area contributed by atoms with Crippen LogP contribution in [-0.4, -0.2) is 42.3 Å². The van der Waals surface area contributed by atoms with Crippen LogP contribution in [0.15, 0.2) is 17.5 Å². The zero-order valence-corrected chi connectivity index (χ0v) is 10.4. The Bertz CT molecular complexity index is 283. The van der Waals surface area contributed by atoms with Crippen molar-refractivity contribution in [2.24, 2.45) is 0 Å². The summed E-state index contributed by atoms with van der Waals surface area (Å²) in [5, 5.41) is 15.2. The Morgan fingerprint density at radius 3 is 2.94 bits per heavy atom. The van der Waals surface area contributed by atoms with E-state index < -0.39 is 0 Å². The highest BCUT2D eigenvalue weighted by molar-refractivity contribution is 7.09. The number of nitrogens with zero attached hydrogens (tertiary/aromatic N) is 1. The van der Waals surface area contributed by atoms with E-state index in [2.05, 4.69) is 27.7 Å². The van der Waals surface area contributed by atoms with Crippen molar-refractivity contribution in [1.29, 1.82) is 0 Å². The predicted molar refractivity (Wildman–Crippen MR) is 67.7 cm³/mol. The Morgan fingerprint density at radius 2 is 2.25 bits per heavy atom. The normalized spacial score (nSPS) is 19.1. The number of hydrogen-bond donors (Lipinski definition) is 2. The van der Waals surface area contributed by atoms with Crippen LogP contribution in [0, 0.1) is 0 Å². The van der Waals surface area contributed by atoms with Gasteiger partial charge in [0.15, 0.2) is 0 Å². The van der Waals surface area contributed by atoms with E-state index in [4.69, 9.17) is 0 Å². The molecule has 90 valence electrons. The second-order valence-corrected chi connectivity index (χ2v) is 5.40. The van der Waals surface area contributed by atoms with Crippen molar-refractivity contribution >= 4 is 11.3 Å². The summed E-state index contributed by atoms with van der Waals surface area (Å²) in [5.74, 6) is 0. The van der Waals surface area contributed by atoms with Crippen LogP contribution in [0.2, 0.25) is 0 Å². The molecule has 1 aliphatic rings. The first-order valence-electron chi connectivity index (χ1n) is 5.98. The maximum Gasteiger partial charge on any atom is 0.0791 e. The van der Waals surface area contributed by atoms with Gasteiger partial charge in [-0.25, -0.2) is 0 Å². The smallest absolute Gasteiger partial charge is 0.0791 e. The largest absolute Gasteiger partial charge is 0.390 e. The van der Waals surface area contributed by atoms with Crippen molar-refractivity contribution in [3.05, 3.63) is 22.4 Å². The van der Waals surface area contributed by atoms with Crippen LogP contribution in [0.5, 0.6) is 0 Å². The van der Waals surface area contributed by atoms with Crippen LogP contribution in [0.25, 0.3) is 0 Å².